The van der Waals surface area contributed by atoms with Crippen LogP contribution in [-0.2, 0) is 0 Å². The van der Waals surface area contributed by atoms with Gasteiger partial charge in [-0.25, -0.2) is 4.98 Å². The lowest BCUT2D eigenvalue weighted by Gasteiger charge is -2.15. The van der Waals surface area contributed by atoms with Gasteiger partial charge >= 0.3 is 0 Å². The van der Waals surface area contributed by atoms with Gasteiger partial charge in [0.1, 0.15) is 5.03 Å². The van der Waals surface area contributed by atoms with Gasteiger partial charge in [0.15, 0.2) is 0 Å². The van der Waals surface area contributed by atoms with E-state index in [9.17, 15) is 0 Å². The van der Waals surface area contributed by atoms with Crippen molar-refractivity contribution in [2.45, 2.75) is 17.2 Å². The van der Waals surface area contributed by atoms with Crippen LogP contribution in [0.4, 0.5) is 0 Å². The zero-order valence-electron chi connectivity index (χ0n) is 13.4. The zero-order valence-corrected chi connectivity index (χ0v) is 15.0. The number of benzene rings is 2. The molecule has 2 aromatic carbocycles. The quantitative estimate of drug-likeness (QED) is 0.477. The van der Waals surface area contributed by atoms with E-state index in [1.807, 2.05) is 42.6 Å². The topological polar surface area (TPSA) is 12.9 Å². The number of pyridine rings is 1. The Hall–Kier alpha value is -2.03. The van der Waals surface area contributed by atoms with Crippen molar-refractivity contribution in [1.82, 2.24) is 4.98 Å². The first-order valence-electron chi connectivity index (χ1n) is 7.77. The van der Waals surface area contributed by atoms with Gasteiger partial charge in [-0.1, -0.05) is 78.5 Å². The third-order valence-corrected chi connectivity index (χ3v) is 5.27. The molecule has 0 radical (unpaired) electrons. The fraction of sp³-hybridized carbons (Fsp3) is 0.0952. The molecule has 120 valence electrons. The van der Waals surface area contributed by atoms with Crippen molar-refractivity contribution in [3.05, 3.63) is 101 Å². The molecule has 0 bridgehead atoms. The number of hydrogen-bond donors (Lipinski definition) is 0. The highest BCUT2D eigenvalue weighted by Crippen LogP contribution is 2.38. The molecule has 0 aliphatic carbocycles. The molecule has 1 atom stereocenters. The van der Waals surface area contributed by atoms with Gasteiger partial charge in [-0.15, -0.1) is 0 Å². The van der Waals surface area contributed by atoms with Gasteiger partial charge in [0, 0.05) is 22.0 Å². The highest BCUT2D eigenvalue weighted by atomic mass is 35.5. The van der Waals surface area contributed by atoms with Gasteiger partial charge in [-0.3, -0.25) is 0 Å². The zero-order chi connectivity index (χ0) is 16.9. The Kier molecular flexibility index (Phi) is 5.39. The van der Waals surface area contributed by atoms with E-state index in [2.05, 4.69) is 48.8 Å². The van der Waals surface area contributed by atoms with E-state index in [-0.39, 0.29) is 0 Å². The van der Waals surface area contributed by atoms with E-state index in [0.29, 0.717) is 5.25 Å². The Morgan fingerprint density at radius 2 is 1.71 bits per heavy atom. The van der Waals surface area contributed by atoms with Crippen LogP contribution < -0.4 is 0 Å². The first-order chi connectivity index (χ1) is 11.6. The summed E-state index contributed by atoms with van der Waals surface area (Å²) in [5.74, 6) is 0. The predicted octanol–water partition coefficient (Wildman–Crippen LogP) is 6.65. The Morgan fingerprint density at radius 1 is 1.00 bits per heavy atom. The molecule has 0 spiro atoms. The normalized spacial score (nSPS) is 11.9. The summed E-state index contributed by atoms with van der Waals surface area (Å²) in [4.78, 5) is 4.58. The third-order valence-electron chi connectivity index (χ3n) is 3.85. The van der Waals surface area contributed by atoms with Gasteiger partial charge in [-0.2, -0.15) is 0 Å². The lowest BCUT2D eigenvalue weighted by molar-refractivity contribution is 1.05. The van der Waals surface area contributed by atoms with Crippen molar-refractivity contribution in [1.29, 1.82) is 0 Å². The van der Waals surface area contributed by atoms with Crippen LogP contribution in [0.25, 0.3) is 5.57 Å². The minimum Gasteiger partial charge on any atom is -0.249 e. The highest BCUT2D eigenvalue weighted by molar-refractivity contribution is 7.99. The molecule has 24 heavy (non-hydrogen) atoms. The van der Waals surface area contributed by atoms with Crippen molar-refractivity contribution in [2.24, 2.45) is 0 Å². The second-order valence-corrected chi connectivity index (χ2v) is 7.28. The van der Waals surface area contributed by atoms with Crippen LogP contribution in [0.1, 0.15) is 28.9 Å². The molecule has 0 aliphatic rings. The number of hydrogen-bond acceptors (Lipinski definition) is 2. The Balaban J connectivity index is 1.88. The van der Waals surface area contributed by atoms with Gasteiger partial charge in [0.25, 0.3) is 0 Å². The molecular weight excluding hydrogens is 334 g/mol. The van der Waals surface area contributed by atoms with Crippen molar-refractivity contribution < 1.29 is 0 Å². The van der Waals surface area contributed by atoms with Crippen LogP contribution in [0.5, 0.6) is 0 Å². The summed E-state index contributed by atoms with van der Waals surface area (Å²) in [6.07, 6.45) is 1.83. The van der Waals surface area contributed by atoms with E-state index in [0.717, 1.165) is 26.7 Å². The van der Waals surface area contributed by atoms with Crippen LogP contribution in [0.3, 0.4) is 0 Å². The van der Waals surface area contributed by atoms with Crippen LogP contribution in [0.2, 0.25) is 5.02 Å². The average molecular weight is 352 g/mol. The molecule has 0 N–H and O–H groups in total. The average Bonchev–Trinajstić information content (AvgIpc) is 2.63. The molecule has 0 saturated carbocycles. The van der Waals surface area contributed by atoms with Crippen LogP contribution >= 0.6 is 23.4 Å². The Morgan fingerprint density at radius 3 is 2.42 bits per heavy atom. The molecule has 1 heterocycles. The summed E-state index contributed by atoms with van der Waals surface area (Å²) >= 11 is 7.74. The maximum Gasteiger partial charge on any atom is 0.104 e. The number of halogens is 1. The molecule has 1 unspecified atom stereocenters. The molecule has 1 nitrogen and oxygen atoms in total. The van der Waals surface area contributed by atoms with E-state index in [1.165, 1.54) is 5.56 Å². The van der Waals surface area contributed by atoms with Gasteiger partial charge < -0.3 is 0 Å². The summed E-state index contributed by atoms with van der Waals surface area (Å²) in [6.45, 7) is 6.47. The van der Waals surface area contributed by atoms with Gasteiger partial charge in [0.05, 0.1) is 0 Å². The van der Waals surface area contributed by atoms with Crippen LogP contribution in [-0.4, -0.2) is 4.98 Å². The fourth-order valence-electron chi connectivity index (χ4n) is 2.48. The highest BCUT2D eigenvalue weighted by Gasteiger charge is 2.14. The summed E-state index contributed by atoms with van der Waals surface area (Å²) in [5.41, 5.74) is 4.37. The molecule has 3 rings (SSSR count). The maximum atomic E-state index is 5.98. The van der Waals surface area contributed by atoms with Crippen molar-refractivity contribution in [3.63, 3.8) is 0 Å². The molecule has 3 aromatic rings. The van der Waals surface area contributed by atoms with Gasteiger partial charge in [0.2, 0.25) is 0 Å². The Bertz CT molecular complexity index is 828. The molecule has 3 heteroatoms. The van der Waals surface area contributed by atoms with Crippen molar-refractivity contribution >= 4 is 28.9 Å². The second-order valence-electron chi connectivity index (χ2n) is 5.51. The molecule has 0 aliphatic heterocycles. The summed E-state index contributed by atoms with van der Waals surface area (Å²) in [7, 11) is 0. The first kappa shape index (κ1) is 16.8. The van der Waals surface area contributed by atoms with E-state index >= 15 is 0 Å². The minimum atomic E-state index is 0.317. The molecular formula is C21H18ClNS. The molecule has 0 saturated heterocycles. The fourth-order valence-corrected chi connectivity index (χ4v) is 3.67. The van der Waals surface area contributed by atoms with E-state index in [1.54, 1.807) is 11.8 Å². The van der Waals surface area contributed by atoms with Crippen molar-refractivity contribution in [3.8, 4) is 0 Å². The summed E-state index contributed by atoms with van der Waals surface area (Å²) < 4.78 is 0. The van der Waals surface area contributed by atoms with Crippen molar-refractivity contribution in [2.75, 3.05) is 0 Å². The second kappa shape index (κ2) is 7.69. The third kappa shape index (κ3) is 3.89. The molecule has 0 fully saturated rings. The smallest absolute Gasteiger partial charge is 0.104 e. The standard InChI is InChI=1S/C21H18ClNS/c1-15(17-10-12-19(22)13-11-17)20-9-6-14-23-21(20)24-16(2)18-7-4-3-5-8-18/h3-14,16H,1H2,2H3. The van der Waals surface area contributed by atoms with E-state index < -0.39 is 0 Å². The summed E-state index contributed by atoms with van der Waals surface area (Å²) in [5, 5.41) is 2.04. The van der Waals surface area contributed by atoms with Crippen LogP contribution in [0.15, 0.2) is 84.5 Å². The number of nitrogens with zero attached hydrogens (tertiary/aromatic N) is 1. The summed E-state index contributed by atoms with van der Waals surface area (Å²) in [6, 6.07) is 22.3. The minimum absolute atomic E-state index is 0.317. The largest absolute Gasteiger partial charge is 0.249 e. The number of rotatable bonds is 5. The maximum absolute atomic E-state index is 5.98. The molecule has 1 aromatic heterocycles. The predicted molar refractivity (Wildman–Crippen MR) is 105 cm³/mol. The SMILES string of the molecule is C=C(c1ccc(Cl)cc1)c1cccnc1SC(C)c1ccccc1. The number of thioether (sulfide) groups is 1. The van der Waals surface area contributed by atoms with E-state index in [4.69, 9.17) is 11.6 Å². The first-order valence-corrected chi connectivity index (χ1v) is 9.03. The van der Waals surface area contributed by atoms with Gasteiger partial charge in [-0.05, 0) is 41.8 Å². The monoisotopic (exact) mass is 351 g/mol. The van der Waals surface area contributed by atoms with Crippen LogP contribution in [0, 0.1) is 0 Å². The lowest BCUT2D eigenvalue weighted by Crippen LogP contribution is -1.95. The molecule has 0 amide bonds. The number of aromatic nitrogens is 1. The lowest BCUT2D eigenvalue weighted by atomic mass is 10.0. The Labute approximate surface area is 152 Å².